The van der Waals surface area contributed by atoms with Gasteiger partial charge >= 0.3 is 0 Å². The first-order chi connectivity index (χ1) is 7.11. The van der Waals surface area contributed by atoms with Gasteiger partial charge in [0, 0.05) is 15.4 Å². The predicted molar refractivity (Wildman–Crippen MR) is 65.2 cm³/mol. The number of hydrogen-bond acceptors (Lipinski definition) is 2. The molecule has 1 heterocycles. The fraction of sp³-hybridized carbons (Fsp3) is 0.250. The molecule has 0 saturated heterocycles. The number of halogens is 1. The summed E-state index contributed by atoms with van der Waals surface area (Å²) in [6.07, 6.45) is 1.52. The van der Waals surface area contributed by atoms with E-state index in [1.807, 2.05) is 18.2 Å². The van der Waals surface area contributed by atoms with Crippen molar-refractivity contribution in [3.8, 4) is 5.75 Å². The van der Waals surface area contributed by atoms with Crippen LogP contribution in [0.1, 0.15) is 25.3 Å². The first-order valence-electron chi connectivity index (χ1n) is 4.87. The Hall–Kier alpha value is -1.09. The van der Waals surface area contributed by atoms with Crippen molar-refractivity contribution < 1.29 is 5.11 Å². The first-order valence-corrected chi connectivity index (χ1v) is 5.66. The minimum Gasteiger partial charge on any atom is -0.506 e. The lowest BCUT2D eigenvalue weighted by Crippen LogP contribution is -1.93. The fourth-order valence-corrected chi connectivity index (χ4v) is 2.27. The second-order valence-electron chi connectivity index (χ2n) is 3.85. The van der Waals surface area contributed by atoms with Crippen LogP contribution in [0.15, 0.2) is 28.9 Å². The molecule has 2 aromatic rings. The van der Waals surface area contributed by atoms with Crippen LogP contribution in [-0.4, -0.2) is 10.1 Å². The Morgan fingerprint density at radius 3 is 2.73 bits per heavy atom. The van der Waals surface area contributed by atoms with E-state index in [0.717, 1.165) is 20.9 Å². The molecule has 0 aliphatic rings. The average Bonchev–Trinajstić information content (AvgIpc) is 2.17. The van der Waals surface area contributed by atoms with Crippen LogP contribution >= 0.6 is 15.9 Å². The van der Waals surface area contributed by atoms with Crippen LogP contribution in [-0.2, 0) is 0 Å². The molecule has 1 aromatic heterocycles. The van der Waals surface area contributed by atoms with Crippen LogP contribution in [0.2, 0.25) is 0 Å². The number of benzene rings is 1. The van der Waals surface area contributed by atoms with E-state index in [1.165, 1.54) is 6.20 Å². The standard InChI is InChI=1S/C12H12BrNO/c1-7(2)11-8-4-3-5-9(13)12(8)14-6-10(11)15/h3-7,15H,1-2H3. The lowest BCUT2D eigenvalue weighted by molar-refractivity contribution is 0.464. The summed E-state index contributed by atoms with van der Waals surface area (Å²) in [7, 11) is 0. The highest BCUT2D eigenvalue weighted by molar-refractivity contribution is 9.10. The Kier molecular flexibility index (Phi) is 2.65. The number of hydrogen-bond donors (Lipinski definition) is 1. The number of aromatic hydroxyl groups is 1. The Morgan fingerprint density at radius 2 is 2.07 bits per heavy atom. The summed E-state index contributed by atoms with van der Waals surface area (Å²) >= 11 is 3.46. The van der Waals surface area contributed by atoms with Crippen LogP contribution < -0.4 is 0 Å². The van der Waals surface area contributed by atoms with Gasteiger partial charge in [-0.1, -0.05) is 26.0 Å². The zero-order valence-corrected chi connectivity index (χ0v) is 10.2. The smallest absolute Gasteiger partial charge is 0.137 e. The summed E-state index contributed by atoms with van der Waals surface area (Å²) in [6.45, 7) is 4.13. The molecule has 78 valence electrons. The lowest BCUT2D eigenvalue weighted by atomic mass is 9.98. The third-order valence-corrected chi connectivity index (χ3v) is 3.09. The molecule has 0 fully saturated rings. The Morgan fingerprint density at radius 1 is 1.33 bits per heavy atom. The molecule has 1 aromatic carbocycles. The van der Waals surface area contributed by atoms with Crippen LogP contribution in [0.25, 0.3) is 10.9 Å². The summed E-state index contributed by atoms with van der Waals surface area (Å²) in [5, 5.41) is 10.8. The van der Waals surface area contributed by atoms with Gasteiger partial charge in [-0.3, -0.25) is 4.98 Å². The Bertz CT molecular complexity index is 508. The van der Waals surface area contributed by atoms with Crippen LogP contribution in [0, 0.1) is 0 Å². The minimum absolute atomic E-state index is 0.274. The van der Waals surface area contributed by atoms with Crippen LogP contribution in [0.5, 0.6) is 5.75 Å². The highest BCUT2D eigenvalue weighted by Crippen LogP contribution is 2.34. The summed E-state index contributed by atoms with van der Waals surface area (Å²) in [5.41, 5.74) is 1.86. The number of para-hydroxylation sites is 1. The Labute approximate surface area is 97.1 Å². The fourth-order valence-electron chi connectivity index (χ4n) is 1.80. The van der Waals surface area contributed by atoms with E-state index < -0.39 is 0 Å². The minimum atomic E-state index is 0.274. The van der Waals surface area contributed by atoms with Crippen molar-refractivity contribution in [2.75, 3.05) is 0 Å². The second kappa shape index (κ2) is 3.81. The van der Waals surface area contributed by atoms with E-state index in [1.54, 1.807) is 0 Å². The molecule has 0 bridgehead atoms. The maximum absolute atomic E-state index is 9.79. The van der Waals surface area contributed by atoms with Crippen LogP contribution in [0.4, 0.5) is 0 Å². The van der Waals surface area contributed by atoms with Gasteiger partial charge in [-0.25, -0.2) is 0 Å². The van der Waals surface area contributed by atoms with Crippen molar-refractivity contribution in [2.24, 2.45) is 0 Å². The van der Waals surface area contributed by atoms with Crippen molar-refractivity contribution in [1.29, 1.82) is 0 Å². The lowest BCUT2D eigenvalue weighted by Gasteiger charge is -2.12. The molecule has 1 N–H and O–H groups in total. The molecule has 15 heavy (non-hydrogen) atoms. The van der Waals surface area contributed by atoms with Gasteiger partial charge in [0.15, 0.2) is 0 Å². The molecule has 0 radical (unpaired) electrons. The molecular formula is C12H12BrNO. The first kappa shape index (κ1) is 10.4. The van der Waals surface area contributed by atoms with E-state index in [0.29, 0.717) is 0 Å². The molecule has 0 aliphatic heterocycles. The molecule has 0 saturated carbocycles. The maximum Gasteiger partial charge on any atom is 0.137 e. The average molecular weight is 266 g/mol. The third-order valence-electron chi connectivity index (χ3n) is 2.45. The highest BCUT2D eigenvalue weighted by atomic mass is 79.9. The number of pyridine rings is 1. The summed E-state index contributed by atoms with van der Waals surface area (Å²) in [6, 6.07) is 5.90. The molecular weight excluding hydrogens is 254 g/mol. The van der Waals surface area contributed by atoms with Crippen molar-refractivity contribution in [3.05, 3.63) is 34.4 Å². The molecule has 0 aliphatic carbocycles. The van der Waals surface area contributed by atoms with Gasteiger partial charge in [0.05, 0.1) is 11.7 Å². The van der Waals surface area contributed by atoms with Gasteiger partial charge < -0.3 is 5.11 Å². The molecule has 0 spiro atoms. The largest absolute Gasteiger partial charge is 0.506 e. The van der Waals surface area contributed by atoms with Gasteiger partial charge in [-0.2, -0.15) is 0 Å². The molecule has 0 atom stereocenters. The van der Waals surface area contributed by atoms with E-state index in [9.17, 15) is 5.11 Å². The molecule has 3 heteroatoms. The van der Waals surface area contributed by atoms with Gasteiger partial charge in [0.1, 0.15) is 5.75 Å². The van der Waals surface area contributed by atoms with Crippen molar-refractivity contribution in [3.63, 3.8) is 0 Å². The topological polar surface area (TPSA) is 33.1 Å². The van der Waals surface area contributed by atoms with E-state index in [-0.39, 0.29) is 11.7 Å². The summed E-state index contributed by atoms with van der Waals surface area (Å²) in [4.78, 5) is 4.23. The number of nitrogens with zero attached hydrogens (tertiary/aromatic N) is 1. The van der Waals surface area contributed by atoms with Crippen molar-refractivity contribution >= 4 is 26.8 Å². The SMILES string of the molecule is CC(C)c1c(O)cnc2c(Br)cccc12. The highest BCUT2D eigenvalue weighted by Gasteiger charge is 2.12. The molecule has 2 nitrogen and oxygen atoms in total. The van der Waals surface area contributed by atoms with E-state index in [4.69, 9.17) is 0 Å². The number of fused-ring (bicyclic) bond motifs is 1. The summed E-state index contributed by atoms with van der Waals surface area (Å²) < 4.78 is 0.960. The van der Waals surface area contributed by atoms with E-state index in [2.05, 4.69) is 34.8 Å². The van der Waals surface area contributed by atoms with Gasteiger partial charge in [-0.15, -0.1) is 0 Å². The second-order valence-corrected chi connectivity index (χ2v) is 4.70. The van der Waals surface area contributed by atoms with Gasteiger partial charge in [0.2, 0.25) is 0 Å². The zero-order chi connectivity index (χ0) is 11.0. The zero-order valence-electron chi connectivity index (χ0n) is 8.66. The number of aromatic nitrogens is 1. The van der Waals surface area contributed by atoms with Gasteiger partial charge in [-0.05, 0) is 27.9 Å². The molecule has 2 rings (SSSR count). The third kappa shape index (κ3) is 1.72. The van der Waals surface area contributed by atoms with Crippen LogP contribution in [0.3, 0.4) is 0 Å². The van der Waals surface area contributed by atoms with Crippen molar-refractivity contribution in [1.82, 2.24) is 4.98 Å². The quantitative estimate of drug-likeness (QED) is 0.851. The molecule has 0 unspecified atom stereocenters. The molecule has 0 amide bonds. The Balaban J connectivity index is 2.88. The van der Waals surface area contributed by atoms with Crippen molar-refractivity contribution in [2.45, 2.75) is 19.8 Å². The van der Waals surface area contributed by atoms with Gasteiger partial charge in [0.25, 0.3) is 0 Å². The summed E-state index contributed by atoms with van der Waals surface area (Å²) in [5.74, 6) is 0.556. The number of rotatable bonds is 1. The normalized spacial score (nSPS) is 11.2. The van der Waals surface area contributed by atoms with E-state index >= 15 is 0 Å². The maximum atomic E-state index is 9.79. The monoisotopic (exact) mass is 265 g/mol. The predicted octanol–water partition coefficient (Wildman–Crippen LogP) is 3.83.